The van der Waals surface area contributed by atoms with Crippen LogP contribution < -0.4 is 0 Å². The SMILES string of the molecule is CC(C)OP(=O)(OC(C)C)[C@@H]1C[C@H](OC(=O)c2ccccc2)[C@@H](COC(=O)c2ccccc2)O1. The van der Waals surface area contributed by atoms with Crippen molar-refractivity contribution >= 4 is 19.5 Å². The monoisotopic (exact) mass is 490 g/mol. The van der Waals surface area contributed by atoms with Crippen LogP contribution in [0.15, 0.2) is 60.7 Å². The molecule has 8 nitrogen and oxygen atoms in total. The van der Waals surface area contributed by atoms with Crippen molar-refractivity contribution in [3.63, 3.8) is 0 Å². The van der Waals surface area contributed by atoms with Gasteiger partial charge in [-0.1, -0.05) is 36.4 Å². The molecular weight excluding hydrogens is 459 g/mol. The molecule has 3 atom stereocenters. The maximum Gasteiger partial charge on any atom is 0.359 e. The standard InChI is InChI=1S/C25H31O8P/c1-17(2)32-34(28,33-18(3)4)23-15-21(31-25(27)20-13-9-6-10-14-20)22(30-23)16-29-24(26)19-11-7-5-8-12-19/h5-14,17-18,21-23H,15-16H2,1-4H3/t21-,22+,23+/m0/s1. The predicted octanol–water partition coefficient (Wildman–Crippen LogP) is 5.23. The number of hydrogen-bond acceptors (Lipinski definition) is 8. The van der Waals surface area contributed by atoms with E-state index < -0.39 is 37.6 Å². The first-order valence-corrected chi connectivity index (χ1v) is 12.9. The maximum absolute atomic E-state index is 13.6. The van der Waals surface area contributed by atoms with E-state index in [0.717, 1.165) is 0 Å². The number of benzene rings is 2. The Labute approximate surface area is 200 Å². The molecule has 2 aromatic rings. The highest BCUT2D eigenvalue weighted by molar-refractivity contribution is 7.54. The van der Waals surface area contributed by atoms with Gasteiger partial charge >= 0.3 is 19.5 Å². The van der Waals surface area contributed by atoms with E-state index in [-0.39, 0.29) is 25.2 Å². The van der Waals surface area contributed by atoms with Crippen LogP contribution in [0.5, 0.6) is 0 Å². The van der Waals surface area contributed by atoms with Crippen LogP contribution in [-0.2, 0) is 27.8 Å². The second-order valence-corrected chi connectivity index (χ2v) is 10.6. The number of carbonyl (C=O) groups is 2. The molecule has 0 N–H and O–H groups in total. The zero-order valence-corrected chi connectivity index (χ0v) is 20.7. The molecule has 0 saturated carbocycles. The van der Waals surface area contributed by atoms with Crippen molar-refractivity contribution in [2.75, 3.05) is 6.61 Å². The van der Waals surface area contributed by atoms with Gasteiger partial charge in [-0.3, -0.25) is 4.57 Å². The average Bonchev–Trinajstić information content (AvgIpc) is 3.21. The minimum absolute atomic E-state index is 0.0723. The minimum Gasteiger partial charge on any atom is -0.459 e. The van der Waals surface area contributed by atoms with E-state index >= 15 is 0 Å². The van der Waals surface area contributed by atoms with E-state index in [2.05, 4.69) is 0 Å². The summed E-state index contributed by atoms with van der Waals surface area (Å²) in [6, 6.07) is 17.0. The summed E-state index contributed by atoms with van der Waals surface area (Å²) in [5, 5.41) is 0. The molecule has 3 rings (SSSR count). The lowest BCUT2D eigenvalue weighted by molar-refractivity contribution is -0.0367. The minimum atomic E-state index is -3.73. The Kier molecular flexibility index (Phi) is 9.03. The summed E-state index contributed by atoms with van der Waals surface area (Å²) in [5.74, 6) is -2.08. The second kappa shape index (κ2) is 11.8. The number of esters is 2. The highest BCUT2D eigenvalue weighted by Crippen LogP contribution is 2.59. The van der Waals surface area contributed by atoms with E-state index in [1.807, 2.05) is 0 Å². The quantitative estimate of drug-likeness (QED) is 0.330. The highest BCUT2D eigenvalue weighted by Gasteiger charge is 2.50. The van der Waals surface area contributed by atoms with Crippen molar-refractivity contribution in [1.82, 2.24) is 0 Å². The van der Waals surface area contributed by atoms with Gasteiger partial charge < -0.3 is 23.3 Å². The molecule has 1 aliphatic heterocycles. The molecule has 0 radical (unpaired) electrons. The summed E-state index contributed by atoms with van der Waals surface area (Å²) < 4.78 is 42.1. The first kappa shape index (κ1) is 26.1. The number of hydrogen-bond donors (Lipinski definition) is 0. The Balaban J connectivity index is 1.78. The molecule has 34 heavy (non-hydrogen) atoms. The third-order valence-electron chi connectivity index (χ3n) is 4.90. The molecule has 0 unspecified atom stereocenters. The molecule has 1 heterocycles. The molecule has 0 aromatic heterocycles. The zero-order chi connectivity index (χ0) is 24.7. The van der Waals surface area contributed by atoms with Gasteiger partial charge in [0.1, 0.15) is 18.8 Å². The van der Waals surface area contributed by atoms with Gasteiger partial charge in [0.2, 0.25) is 0 Å². The van der Waals surface area contributed by atoms with Gasteiger partial charge in [0, 0.05) is 6.42 Å². The molecule has 1 saturated heterocycles. The summed E-state index contributed by atoms with van der Waals surface area (Å²) in [6.45, 7) is 6.80. The van der Waals surface area contributed by atoms with Gasteiger partial charge in [0.25, 0.3) is 0 Å². The summed E-state index contributed by atoms with van der Waals surface area (Å²) >= 11 is 0. The molecule has 1 aliphatic rings. The molecule has 184 valence electrons. The van der Waals surface area contributed by atoms with E-state index in [4.69, 9.17) is 23.3 Å². The molecule has 2 aromatic carbocycles. The Morgan fingerprint density at radius 3 is 1.88 bits per heavy atom. The Bertz CT molecular complexity index is 978. The Hall–Kier alpha value is -2.51. The lowest BCUT2D eigenvalue weighted by Gasteiger charge is -2.27. The van der Waals surface area contributed by atoms with Gasteiger partial charge in [-0.25, -0.2) is 9.59 Å². The van der Waals surface area contributed by atoms with Gasteiger partial charge in [0.05, 0.1) is 23.3 Å². The fourth-order valence-electron chi connectivity index (χ4n) is 3.51. The Morgan fingerprint density at radius 1 is 0.882 bits per heavy atom. The summed E-state index contributed by atoms with van der Waals surface area (Å²) in [4.78, 5) is 25.1. The topological polar surface area (TPSA) is 97.4 Å². The third kappa shape index (κ3) is 7.00. The second-order valence-electron chi connectivity index (χ2n) is 8.49. The van der Waals surface area contributed by atoms with Gasteiger partial charge in [-0.2, -0.15) is 0 Å². The lowest BCUT2D eigenvalue weighted by atomic mass is 10.2. The summed E-state index contributed by atoms with van der Waals surface area (Å²) in [6.07, 6.45) is -2.35. The van der Waals surface area contributed by atoms with Crippen molar-refractivity contribution in [2.45, 2.75) is 64.4 Å². The highest BCUT2D eigenvalue weighted by atomic mass is 31.2. The van der Waals surface area contributed by atoms with Crippen molar-refractivity contribution in [3.8, 4) is 0 Å². The van der Waals surface area contributed by atoms with Crippen LogP contribution in [0, 0.1) is 0 Å². The Morgan fingerprint density at radius 2 is 1.38 bits per heavy atom. The van der Waals surface area contributed by atoms with Gasteiger partial charge in [0.15, 0.2) is 5.85 Å². The summed E-state index contributed by atoms with van der Waals surface area (Å²) in [5.41, 5.74) is 0.748. The fraction of sp³-hybridized carbons (Fsp3) is 0.440. The lowest BCUT2D eigenvalue weighted by Crippen LogP contribution is -2.32. The van der Waals surface area contributed by atoms with Crippen molar-refractivity contribution in [1.29, 1.82) is 0 Å². The molecule has 9 heteroatoms. The largest absolute Gasteiger partial charge is 0.459 e. The van der Waals surface area contributed by atoms with Crippen LogP contribution in [0.3, 0.4) is 0 Å². The van der Waals surface area contributed by atoms with Crippen molar-refractivity contribution in [3.05, 3.63) is 71.8 Å². The predicted molar refractivity (Wildman–Crippen MR) is 126 cm³/mol. The van der Waals surface area contributed by atoms with Crippen LogP contribution in [0.2, 0.25) is 0 Å². The van der Waals surface area contributed by atoms with E-state index in [9.17, 15) is 14.2 Å². The number of rotatable bonds is 10. The molecule has 0 bridgehead atoms. The molecule has 1 fully saturated rings. The van der Waals surface area contributed by atoms with Crippen LogP contribution >= 0.6 is 7.60 Å². The van der Waals surface area contributed by atoms with Gasteiger partial charge in [-0.15, -0.1) is 0 Å². The molecule has 0 aliphatic carbocycles. The van der Waals surface area contributed by atoms with Crippen LogP contribution in [0.4, 0.5) is 0 Å². The van der Waals surface area contributed by atoms with E-state index in [0.29, 0.717) is 11.1 Å². The molecule has 0 amide bonds. The summed E-state index contributed by atoms with van der Waals surface area (Å²) in [7, 11) is -3.73. The maximum atomic E-state index is 13.6. The first-order chi connectivity index (χ1) is 16.2. The number of carbonyl (C=O) groups excluding carboxylic acids is 2. The third-order valence-corrected chi connectivity index (χ3v) is 7.37. The number of ether oxygens (including phenoxy) is 3. The normalized spacial score (nSPS) is 20.5. The van der Waals surface area contributed by atoms with Crippen molar-refractivity contribution in [2.24, 2.45) is 0 Å². The first-order valence-electron chi connectivity index (χ1n) is 11.3. The van der Waals surface area contributed by atoms with Crippen LogP contribution in [0.1, 0.15) is 54.8 Å². The average molecular weight is 490 g/mol. The van der Waals surface area contributed by atoms with Crippen molar-refractivity contribution < 1.29 is 37.4 Å². The van der Waals surface area contributed by atoms with Crippen LogP contribution in [-0.4, -0.2) is 48.8 Å². The van der Waals surface area contributed by atoms with Gasteiger partial charge in [-0.05, 0) is 52.0 Å². The fourth-order valence-corrected chi connectivity index (χ4v) is 5.78. The molecular formula is C25H31O8P. The zero-order valence-electron chi connectivity index (χ0n) is 19.8. The smallest absolute Gasteiger partial charge is 0.359 e. The van der Waals surface area contributed by atoms with E-state index in [1.165, 1.54) is 0 Å². The van der Waals surface area contributed by atoms with E-state index in [1.54, 1.807) is 88.4 Å². The molecule has 0 spiro atoms. The van der Waals surface area contributed by atoms with Crippen LogP contribution in [0.25, 0.3) is 0 Å².